The van der Waals surface area contributed by atoms with E-state index in [1.807, 2.05) is 31.2 Å². The topological polar surface area (TPSA) is 48.7 Å². The monoisotopic (exact) mass is 324 g/mol. The van der Waals surface area contributed by atoms with E-state index in [0.29, 0.717) is 5.76 Å². The van der Waals surface area contributed by atoms with Gasteiger partial charge in [0.25, 0.3) is 0 Å². The number of ether oxygens (including phenoxy) is 2. The van der Waals surface area contributed by atoms with Crippen molar-refractivity contribution in [3.63, 3.8) is 0 Å². The molecule has 0 aliphatic heterocycles. The molecule has 1 heterocycles. The van der Waals surface area contributed by atoms with Gasteiger partial charge in [-0.25, -0.2) is 4.79 Å². The summed E-state index contributed by atoms with van der Waals surface area (Å²) in [7, 11) is 1.31. The number of esters is 1. The van der Waals surface area contributed by atoms with Crippen LogP contribution in [-0.2, 0) is 4.74 Å². The van der Waals surface area contributed by atoms with Gasteiger partial charge in [0.05, 0.1) is 7.11 Å². The normalized spacial score (nSPS) is 11.9. The zero-order chi connectivity index (χ0) is 13.8. The summed E-state index contributed by atoms with van der Waals surface area (Å²) in [5.41, 5.74) is 0. The van der Waals surface area contributed by atoms with Crippen LogP contribution in [0.4, 0.5) is 0 Å². The van der Waals surface area contributed by atoms with Crippen molar-refractivity contribution in [2.24, 2.45) is 0 Å². The number of furan rings is 1. The molecule has 1 unspecified atom stereocenters. The molecular weight excluding hydrogens is 312 g/mol. The molecule has 1 aromatic carbocycles. The number of hydrogen-bond acceptors (Lipinski definition) is 4. The van der Waals surface area contributed by atoms with Crippen molar-refractivity contribution in [2.75, 3.05) is 7.11 Å². The van der Waals surface area contributed by atoms with Crippen LogP contribution in [0.2, 0.25) is 0 Å². The van der Waals surface area contributed by atoms with E-state index in [2.05, 4.69) is 20.7 Å². The average molecular weight is 325 g/mol. The maximum Gasteiger partial charge on any atom is 0.373 e. The van der Waals surface area contributed by atoms with Crippen LogP contribution in [0.25, 0.3) is 0 Å². The largest absolute Gasteiger partial charge is 0.483 e. The molecule has 2 rings (SSSR count). The second kappa shape index (κ2) is 5.93. The van der Waals surface area contributed by atoms with Gasteiger partial charge in [-0.2, -0.15) is 0 Å². The van der Waals surface area contributed by atoms with Crippen LogP contribution in [0.15, 0.2) is 45.3 Å². The predicted octanol–water partition coefficient (Wildman–Crippen LogP) is 3.97. The standard InChI is InChI=1S/C14H13BrO4/c1-9(18-11-5-3-10(15)4-6-11)12-7-8-13(19-12)14(16)17-2/h3-9H,1-2H3. The molecule has 0 aliphatic carbocycles. The number of benzene rings is 1. The molecule has 100 valence electrons. The van der Waals surface area contributed by atoms with Gasteiger partial charge in [0, 0.05) is 4.47 Å². The highest BCUT2D eigenvalue weighted by Gasteiger charge is 2.16. The van der Waals surface area contributed by atoms with Crippen molar-refractivity contribution < 1.29 is 18.7 Å². The molecule has 5 heteroatoms. The van der Waals surface area contributed by atoms with Gasteiger partial charge in [-0.1, -0.05) is 15.9 Å². The fraction of sp³-hybridized carbons (Fsp3) is 0.214. The van der Waals surface area contributed by atoms with Crippen LogP contribution in [0.5, 0.6) is 5.75 Å². The molecule has 1 aromatic heterocycles. The maximum atomic E-state index is 11.3. The van der Waals surface area contributed by atoms with Crippen molar-refractivity contribution in [1.82, 2.24) is 0 Å². The molecule has 0 amide bonds. The molecule has 0 N–H and O–H groups in total. The molecule has 0 aliphatic rings. The molecule has 2 aromatic rings. The van der Waals surface area contributed by atoms with E-state index in [9.17, 15) is 4.79 Å². The highest BCUT2D eigenvalue weighted by Crippen LogP contribution is 2.24. The molecule has 19 heavy (non-hydrogen) atoms. The lowest BCUT2D eigenvalue weighted by molar-refractivity contribution is 0.0558. The predicted molar refractivity (Wildman–Crippen MR) is 73.2 cm³/mol. The Morgan fingerprint density at radius 2 is 1.89 bits per heavy atom. The van der Waals surface area contributed by atoms with E-state index in [1.165, 1.54) is 7.11 Å². The van der Waals surface area contributed by atoms with Crippen LogP contribution in [-0.4, -0.2) is 13.1 Å². The summed E-state index contributed by atoms with van der Waals surface area (Å²) >= 11 is 3.36. The summed E-state index contributed by atoms with van der Waals surface area (Å²) in [4.78, 5) is 11.3. The Balaban J connectivity index is 2.07. The first-order valence-corrected chi connectivity index (χ1v) is 6.49. The van der Waals surface area contributed by atoms with E-state index in [0.717, 1.165) is 10.2 Å². The van der Waals surface area contributed by atoms with Gasteiger partial charge in [-0.05, 0) is 43.3 Å². The minimum atomic E-state index is -0.498. The smallest absolute Gasteiger partial charge is 0.373 e. The number of methoxy groups -OCH3 is 1. The molecule has 4 nitrogen and oxygen atoms in total. The Bertz CT molecular complexity index is 559. The van der Waals surface area contributed by atoms with Crippen LogP contribution in [0.1, 0.15) is 29.3 Å². The first kappa shape index (κ1) is 13.7. The Labute approximate surface area is 119 Å². The summed E-state index contributed by atoms with van der Waals surface area (Å²) in [5, 5.41) is 0. The summed E-state index contributed by atoms with van der Waals surface area (Å²) in [6.07, 6.45) is -0.292. The van der Waals surface area contributed by atoms with Crippen molar-refractivity contribution in [1.29, 1.82) is 0 Å². The molecule has 0 bridgehead atoms. The Kier molecular flexibility index (Phi) is 4.27. The second-order valence-corrected chi connectivity index (χ2v) is 4.82. The second-order valence-electron chi connectivity index (χ2n) is 3.91. The van der Waals surface area contributed by atoms with Crippen LogP contribution < -0.4 is 4.74 Å². The van der Waals surface area contributed by atoms with Crippen LogP contribution in [0.3, 0.4) is 0 Å². The maximum absolute atomic E-state index is 11.3. The molecule has 0 saturated heterocycles. The van der Waals surface area contributed by atoms with E-state index in [4.69, 9.17) is 9.15 Å². The minimum Gasteiger partial charge on any atom is -0.483 e. The van der Waals surface area contributed by atoms with E-state index in [-0.39, 0.29) is 11.9 Å². The number of hydrogen-bond donors (Lipinski definition) is 0. The number of carbonyl (C=O) groups is 1. The highest BCUT2D eigenvalue weighted by molar-refractivity contribution is 9.10. The Morgan fingerprint density at radius 1 is 1.21 bits per heavy atom. The zero-order valence-corrected chi connectivity index (χ0v) is 12.1. The zero-order valence-electron chi connectivity index (χ0n) is 10.6. The number of rotatable bonds is 4. The van der Waals surface area contributed by atoms with Gasteiger partial charge >= 0.3 is 5.97 Å². The third-order valence-electron chi connectivity index (χ3n) is 2.54. The van der Waals surface area contributed by atoms with Crippen LogP contribution in [0, 0.1) is 0 Å². The van der Waals surface area contributed by atoms with E-state index < -0.39 is 5.97 Å². The summed E-state index contributed by atoms with van der Waals surface area (Å²) in [6.45, 7) is 1.85. The summed E-state index contributed by atoms with van der Waals surface area (Å²) in [6, 6.07) is 10.8. The van der Waals surface area contributed by atoms with Crippen molar-refractivity contribution in [3.05, 3.63) is 52.4 Å². The quantitative estimate of drug-likeness (QED) is 0.798. The Morgan fingerprint density at radius 3 is 2.53 bits per heavy atom. The van der Waals surface area contributed by atoms with Gasteiger partial charge in [-0.15, -0.1) is 0 Å². The van der Waals surface area contributed by atoms with Crippen molar-refractivity contribution in [2.45, 2.75) is 13.0 Å². The first-order chi connectivity index (χ1) is 9.10. The van der Waals surface area contributed by atoms with E-state index >= 15 is 0 Å². The van der Waals surface area contributed by atoms with Gasteiger partial charge in [-0.3, -0.25) is 0 Å². The third-order valence-corrected chi connectivity index (χ3v) is 3.07. The van der Waals surface area contributed by atoms with Crippen molar-refractivity contribution >= 4 is 21.9 Å². The highest BCUT2D eigenvalue weighted by atomic mass is 79.9. The summed E-state index contributed by atoms with van der Waals surface area (Å²) in [5.74, 6) is 0.973. The molecule has 1 atom stereocenters. The van der Waals surface area contributed by atoms with Crippen molar-refractivity contribution in [3.8, 4) is 5.75 Å². The van der Waals surface area contributed by atoms with Crippen LogP contribution >= 0.6 is 15.9 Å². The molecule has 0 radical (unpaired) electrons. The molecular formula is C14H13BrO4. The van der Waals surface area contributed by atoms with Gasteiger partial charge in [0.1, 0.15) is 11.5 Å². The lowest BCUT2D eigenvalue weighted by Crippen LogP contribution is -2.02. The average Bonchev–Trinajstić information content (AvgIpc) is 2.90. The Hall–Kier alpha value is -1.75. The SMILES string of the molecule is COC(=O)c1ccc(C(C)Oc2ccc(Br)cc2)o1. The third kappa shape index (κ3) is 3.38. The van der Waals surface area contributed by atoms with Gasteiger partial charge in [0.15, 0.2) is 6.10 Å². The lowest BCUT2D eigenvalue weighted by atomic mass is 10.3. The molecule has 0 fully saturated rings. The van der Waals surface area contributed by atoms with Gasteiger partial charge < -0.3 is 13.9 Å². The number of carbonyl (C=O) groups excluding carboxylic acids is 1. The molecule has 0 saturated carbocycles. The van der Waals surface area contributed by atoms with E-state index in [1.54, 1.807) is 12.1 Å². The molecule has 0 spiro atoms. The number of halogens is 1. The minimum absolute atomic E-state index is 0.170. The summed E-state index contributed by atoms with van der Waals surface area (Å²) < 4.78 is 16.7. The first-order valence-electron chi connectivity index (χ1n) is 5.70. The fourth-order valence-electron chi connectivity index (χ4n) is 1.56. The lowest BCUT2D eigenvalue weighted by Gasteiger charge is -2.12. The van der Waals surface area contributed by atoms with Gasteiger partial charge in [0.2, 0.25) is 5.76 Å². The fourth-order valence-corrected chi connectivity index (χ4v) is 1.82.